The molecule has 30 heavy (non-hydrogen) atoms. The Morgan fingerprint density at radius 2 is 1.73 bits per heavy atom. The van der Waals surface area contributed by atoms with E-state index in [0.717, 1.165) is 5.56 Å². The number of benzene rings is 2. The van der Waals surface area contributed by atoms with E-state index in [1.165, 1.54) is 4.90 Å². The number of amides is 2. The van der Waals surface area contributed by atoms with Crippen LogP contribution in [0.5, 0.6) is 11.5 Å². The molecule has 1 saturated heterocycles. The van der Waals surface area contributed by atoms with Gasteiger partial charge >= 0.3 is 5.97 Å². The average Bonchev–Trinajstić information content (AvgIpc) is 2.99. The van der Waals surface area contributed by atoms with E-state index in [1.54, 1.807) is 44.6 Å². The third-order valence-corrected chi connectivity index (χ3v) is 4.97. The quantitative estimate of drug-likeness (QED) is 0.608. The fourth-order valence-electron chi connectivity index (χ4n) is 3.40. The van der Waals surface area contributed by atoms with E-state index in [9.17, 15) is 14.4 Å². The number of hydrogen-bond donors (Lipinski definition) is 2. The zero-order chi connectivity index (χ0) is 21.7. The summed E-state index contributed by atoms with van der Waals surface area (Å²) in [4.78, 5) is 37.1. The molecule has 0 radical (unpaired) electrons. The number of carbonyl (C=O) groups is 3. The number of carboxylic acids is 1. The van der Waals surface area contributed by atoms with Crippen LogP contribution in [0.4, 0.5) is 5.69 Å². The maximum Gasteiger partial charge on any atom is 0.307 e. The Labute approximate surface area is 174 Å². The zero-order valence-electron chi connectivity index (χ0n) is 16.9. The van der Waals surface area contributed by atoms with Crippen molar-refractivity contribution in [1.82, 2.24) is 4.90 Å². The van der Waals surface area contributed by atoms with E-state index in [1.807, 2.05) is 12.1 Å². The summed E-state index contributed by atoms with van der Waals surface area (Å²) < 4.78 is 10.5. The number of likely N-dealkylation sites (tertiary alicyclic amines) is 1. The lowest BCUT2D eigenvalue weighted by Gasteiger charge is -2.17. The number of hydrogen-bond acceptors (Lipinski definition) is 6. The Hall–Kier alpha value is -3.55. The van der Waals surface area contributed by atoms with Crippen LogP contribution in [0.1, 0.15) is 17.5 Å². The molecule has 1 atom stereocenters. The first-order valence-electron chi connectivity index (χ1n) is 9.53. The number of rotatable bonds is 9. The Morgan fingerprint density at radius 3 is 2.37 bits per heavy atom. The summed E-state index contributed by atoms with van der Waals surface area (Å²) in [5.74, 6) is -0.180. The summed E-state index contributed by atoms with van der Waals surface area (Å²) >= 11 is 0. The van der Waals surface area contributed by atoms with Crippen molar-refractivity contribution in [3.63, 3.8) is 0 Å². The molecule has 1 heterocycles. The maximum atomic E-state index is 12.7. The highest BCUT2D eigenvalue weighted by Gasteiger charge is 2.38. The maximum absolute atomic E-state index is 12.7. The lowest BCUT2D eigenvalue weighted by Crippen LogP contribution is -2.36. The third-order valence-electron chi connectivity index (χ3n) is 4.97. The number of nitrogens with one attached hydrogen (secondary N) is 1. The summed E-state index contributed by atoms with van der Waals surface area (Å²) in [6.45, 7) is 0.281. The van der Waals surface area contributed by atoms with Crippen LogP contribution >= 0.6 is 0 Å². The van der Waals surface area contributed by atoms with Gasteiger partial charge in [-0.15, -0.1) is 0 Å². The van der Waals surface area contributed by atoms with Gasteiger partial charge in [0.05, 0.1) is 27.1 Å². The van der Waals surface area contributed by atoms with Gasteiger partial charge in [-0.2, -0.15) is 0 Å². The van der Waals surface area contributed by atoms with Gasteiger partial charge in [-0.3, -0.25) is 19.3 Å². The van der Waals surface area contributed by atoms with Gasteiger partial charge in [0.1, 0.15) is 6.04 Å². The molecule has 0 spiro atoms. The molecular weight excluding hydrogens is 388 g/mol. The Bertz CT molecular complexity index is 941. The van der Waals surface area contributed by atoms with Crippen molar-refractivity contribution in [2.75, 3.05) is 26.1 Å². The Kier molecular flexibility index (Phi) is 6.56. The fourth-order valence-corrected chi connectivity index (χ4v) is 3.40. The second-order valence-corrected chi connectivity index (χ2v) is 6.99. The van der Waals surface area contributed by atoms with Crippen LogP contribution < -0.4 is 14.8 Å². The van der Waals surface area contributed by atoms with E-state index < -0.39 is 12.0 Å². The van der Waals surface area contributed by atoms with E-state index in [4.69, 9.17) is 14.6 Å². The number of ether oxygens (including phenoxy) is 2. The van der Waals surface area contributed by atoms with Gasteiger partial charge < -0.3 is 19.9 Å². The molecule has 3 rings (SSSR count). The molecule has 1 aliphatic rings. The summed E-state index contributed by atoms with van der Waals surface area (Å²) in [6.07, 6.45) is 0.529. The second-order valence-electron chi connectivity index (χ2n) is 6.99. The molecule has 1 aliphatic heterocycles. The highest BCUT2D eigenvalue weighted by molar-refractivity contribution is 6.06. The number of imide groups is 1. The Morgan fingerprint density at radius 1 is 1.07 bits per heavy atom. The molecule has 2 amide bonds. The van der Waals surface area contributed by atoms with Crippen LogP contribution in [-0.4, -0.2) is 54.6 Å². The molecule has 1 fully saturated rings. The van der Waals surface area contributed by atoms with E-state index >= 15 is 0 Å². The second kappa shape index (κ2) is 9.30. The summed E-state index contributed by atoms with van der Waals surface area (Å²) in [5.41, 5.74) is 2.26. The minimum atomic E-state index is -0.905. The first-order chi connectivity index (χ1) is 14.4. The van der Waals surface area contributed by atoms with Gasteiger partial charge in [0.2, 0.25) is 5.91 Å². The Balaban J connectivity index is 1.60. The van der Waals surface area contributed by atoms with Crippen molar-refractivity contribution in [3.8, 4) is 11.5 Å². The largest absolute Gasteiger partial charge is 0.493 e. The van der Waals surface area contributed by atoms with E-state index in [2.05, 4.69) is 5.32 Å². The number of aliphatic carboxylic acids is 1. The minimum absolute atomic E-state index is 0.0644. The predicted octanol–water partition coefficient (Wildman–Crippen LogP) is 2.11. The lowest BCUT2D eigenvalue weighted by atomic mass is 10.1. The first-order valence-corrected chi connectivity index (χ1v) is 9.53. The molecule has 2 aromatic carbocycles. The molecule has 0 saturated carbocycles. The normalized spacial score (nSPS) is 15.9. The van der Waals surface area contributed by atoms with Crippen molar-refractivity contribution in [1.29, 1.82) is 0 Å². The number of nitrogens with zero attached hydrogens (tertiary/aromatic N) is 1. The molecule has 0 aliphatic carbocycles. The predicted molar refractivity (Wildman–Crippen MR) is 110 cm³/mol. The highest BCUT2D eigenvalue weighted by Crippen LogP contribution is 2.28. The average molecular weight is 412 g/mol. The fraction of sp³-hybridized carbons (Fsp3) is 0.318. The summed E-state index contributed by atoms with van der Waals surface area (Å²) in [7, 11) is 3.12. The minimum Gasteiger partial charge on any atom is -0.493 e. The van der Waals surface area contributed by atoms with E-state index in [0.29, 0.717) is 29.2 Å². The van der Waals surface area contributed by atoms with Gasteiger partial charge in [-0.25, -0.2) is 0 Å². The lowest BCUT2D eigenvalue weighted by molar-refractivity contribution is -0.139. The van der Waals surface area contributed by atoms with Crippen molar-refractivity contribution in [2.45, 2.75) is 25.3 Å². The highest BCUT2D eigenvalue weighted by atomic mass is 16.5. The molecule has 0 bridgehead atoms. The third kappa shape index (κ3) is 4.89. The smallest absolute Gasteiger partial charge is 0.307 e. The molecule has 8 nitrogen and oxygen atoms in total. The molecule has 158 valence electrons. The van der Waals surface area contributed by atoms with E-state index in [-0.39, 0.29) is 31.2 Å². The molecule has 2 aromatic rings. The van der Waals surface area contributed by atoms with Crippen molar-refractivity contribution >= 4 is 23.5 Å². The van der Waals surface area contributed by atoms with Crippen molar-refractivity contribution in [3.05, 3.63) is 53.6 Å². The van der Waals surface area contributed by atoms with Crippen LogP contribution in [-0.2, 0) is 27.2 Å². The summed E-state index contributed by atoms with van der Waals surface area (Å²) in [5, 5.41) is 11.9. The number of carbonyl (C=O) groups excluding carboxylic acids is 2. The summed E-state index contributed by atoms with van der Waals surface area (Å²) in [6, 6.07) is 11.7. The SMILES string of the molecule is COc1ccc(CCN2C(=O)C[C@@H](Nc3ccc(CC(=O)O)cc3)C2=O)cc1OC. The number of carboxylic acid groups (broad SMARTS) is 1. The standard InChI is InChI=1S/C22H24N2O6/c1-29-18-8-5-15(11-19(18)30-2)9-10-24-20(25)13-17(22(24)28)23-16-6-3-14(4-7-16)12-21(26)27/h3-8,11,17,23H,9-10,12-13H2,1-2H3,(H,26,27)/t17-/m1/s1. The molecule has 0 aromatic heterocycles. The van der Waals surface area contributed by atoms with Gasteiger partial charge in [-0.1, -0.05) is 18.2 Å². The van der Waals surface area contributed by atoms with Crippen LogP contribution in [0.3, 0.4) is 0 Å². The van der Waals surface area contributed by atoms with Gasteiger partial charge in [0, 0.05) is 12.2 Å². The van der Waals surface area contributed by atoms with Gasteiger partial charge in [0.15, 0.2) is 11.5 Å². The van der Waals surface area contributed by atoms with Crippen LogP contribution in [0.2, 0.25) is 0 Å². The van der Waals surface area contributed by atoms with Gasteiger partial charge in [0.25, 0.3) is 5.91 Å². The molecule has 0 unspecified atom stereocenters. The monoisotopic (exact) mass is 412 g/mol. The van der Waals surface area contributed by atoms with Crippen LogP contribution in [0, 0.1) is 0 Å². The molecule has 2 N–H and O–H groups in total. The molecular formula is C22H24N2O6. The topological polar surface area (TPSA) is 105 Å². The first kappa shape index (κ1) is 21.2. The van der Waals surface area contributed by atoms with Crippen LogP contribution in [0.15, 0.2) is 42.5 Å². The number of anilines is 1. The molecule has 8 heteroatoms. The van der Waals surface area contributed by atoms with Gasteiger partial charge in [-0.05, 0) is 41.8 Å². The van der Waals surface area contributed by atoms with Crippen LogP contribution in [0.25, 0.3) is 0 Å². The number of methoxy groups -OCH3 is 2. The zero-order valence-corrected chi connectivity index (χ0v) is 16.9. The van der Waals surface area contributed by atoms with Crippen molar-refractivity contribution < 1.29 is 29.0 Å². The van der Waals surface area contributed by atoms with Crippen molar-refractivity contribution in [2.24, 2.45) is 0 Å².